The fourth-order valence-corrected chi connectivity index (χ4v) is 2.46. The summed E-state index contributed by atoms with van der Waals surface area (Å²) in [4.78, 5) is 4.51. The average molecular weight is 289 g/mol. The first kappa shape index (κ1) is 14.9. The number of halogens is 1. The van der Waals surface area contributed by atoms with Gasteiger partial charge in [-0.15, -0.1) is 0 Å². The maximum Gasteiger partial charge on any atom is 0.0607 e. The Morgan fingerprint density at radius 1 is 1.10 bits per heavy atom. The molecule has 2 aromatic rings. The quantitative estimate of drug-likeness (QED) is 0.807. The molecule has 1 heterocycles. The molecule has 0 aliphatic rings. The van der Waals surface area contributed by atoms with Crippen LogP contribution in [0.1, 0.15) is 42.8 Å². The van der Waals surface area contributed by atoms with Gasteiger partial charge in [-0.05, 0) is 50.1 Å². The van der Waals surface area contributed by atoms with Crippen LogP contribution in [-0.4, -0.2) is 4.98 Å². The van der Waals surface area contributed by atoms with Crippen molar-refractivity contribution in [3.8, 4) is 0 Å². The molecule has 0 saturated heterocycles. The Balaban J connectivity index is 2.22. The summed E-state index contributed by atoms with van der Waals surface area (Å²) in [5, 5.41) is 4.38. The summed E-state index contributed by atoms with van der Waals surface area (Å²) in [6.07, 6.45) is 2.20. The van der Waals surface area contributed by atoms with Crippen LogP contribution in [-0.2, 0) is 0 Å². The minimum absolute atomic E-state index is 0.292. The Morgan fingerprint density at radius 3 is 2.40 bits per heavy atom. The lowest BCUT2D eigenvalue weighted by Gasteiger charge is -2.21. The molecular formula is C17H21ClN2. The first-order chi connectivity index (χ1) is 9.60. The van der Waals surface area contributed by atoms with Gasteiger partial charge in [-0.2, -0.15) is 0 Å². The van der Waals surface area contributed by atoms with Crippen molar-refractivity contribution < 1.29 is 0 Å². The van der Waals surface area contributed by atoms with Crippen LogP contribution in [0.15, 0.2) is 36.4 Å². The summed E-state index contributed by atoms with van der Waals surface area (Å²) < 4.78 is 0. The van der Waals surface area contributed by atoms with Gasteiger partial charge in [0.2, 0.25) is 0 Å². The molecule has 106 valence electrons. The molecular weight excluding hydrogens is 268 g/mol. The molecule has 0 fully saturated rings. The number of anilines is 1. The molecule has 0 aliphatic heterocycles. The first-order valence-electron chi connectivity index (χ1n) is 7.06. The molecule has 0 aliphatic carbocycles. The summed E-state index contributed by atoms with van der Waals surface area (Å²) in [5.74, 6) is 0. The maximum atomic E-state index is 5.97. The van der Waals surface area contributed by atoms with Crippen molar-refractivity contribution in [2.75, 3.05) is 5.32 Å². The molecule has 0 spiro atoms. The summed E-state index contributed by atoms with van der Waals surface area (Å²) in [7, 11) is 0. The van der Waals surface area contributed by atoms with Crippen molar-refractivity contribution >= 4 is 17.3 Å². The summed E-state index contributed by atoms with van der Waals surface area (Å²) >= 11 is 5.97. The fraction of sp³-hybridized carbons (Fsp3) is 0.353. The van der Waals surface area contributed by atoms with Crippen molar-refractivity contribution in [3.63, 3.8) is 0 Å². The number of benzene rings is 1. The third-order valence-electron chi connectivity index (χ3n) is 3.40. The van der Waals surface area contributed by atoms with Gasteiger partial charge in [-0.3, -0.25) is 4.98 Å². The van der Waals surface area contributed by atoms with E-state index in [0.29, 0.717) is 6.04 Å². The predicted octanol–water partition coefficient (Wildman–Crippen LogP) is 5.31. The molecule has 20 heavy (non-hydrogen) atoms. The number of pyridine rings is 1. The van der Waals surface area contributed by atoms with E-state index in [2.05, 4.69) is 35.4 Å². The third kappa shape index (κ3) is 3.73. The van der Waals surface area contributed by atoms with E-state index in [-0.39, 0.29) is 0 Å². The summed E-state index contributed by atoms with van der Waals surface area (Å²) in [6.45, 7) is 6.25. The molecule has 1 N–H and O–H groups in total. The van der Waals surface area contributed by atoms with Crippen LogP contribution in [0.2, 0.25) is 5.02 Å². The molecule has 0 bridgehead atoms. The molecule has 2 nitrogen and oxygen atoms in total. The van der Waals surface area contributed by atoms with Crippen molar-refractivity contribution in [1.82, 2.24) is 4.98 Å². The number of aromatic nitrogens is 1. The molecule has 2 rings (SSSR count). The van der Waals surface area contributed by atoms with E-state index in [1.165, 1.54) is 5.56 Å². The second-order valence-corrected chi connectivity index (χ2v) is 5.56. The highest BCUT2D eigenvalue weighted by Crippen LogP contribution is 2.26. The monoisotopic (exact) mass is 288 g/mol. The standard InChI is InChI=1S/C17H21ClN2/c1-4-5-17(14-7-9-15(18)10-8-14)20-16-11-6-12(2)19-13(16)3/h6-11,17,20H,4-5H2,1-3H3. The second kappa shape index (κ2) is 6.76. The number of aryl methyl sites for hydroxylation is 2. The molecule has 3 heteroatoms. The highest BCUT2D eigenvalue weighted by atomic mass is 35.5. The number of nitrogens with zero attached hydrogens (tertiary/aromatic N) is 1. The van der Waals surface area contributed by atoms with Crippen LogP contribution >= 0.6 is 11.6 Å². The van der Waals surface area contributed by atoms with E-state index < -0.39 is 0 Å². The first-order valence-corrected chi connectivity index (χ1v) is 7.44. The van der Waals surface area contributed by atoms with Gasteiger partial charge in [0.05, 0.1) is 17.4 Å². The van der Waals surface area contributed by atoms with Gasteiger partial charge >= 0.3 is 0 Å². The Bertz CT molecular complexity index is 564. The van der Waals surface area contributed by atoms with Crippen LogP contribution in [0.25, 0.3) is 0 Å². The van der Waals surface area contributed by atoms with Crippen LogP contribution < -0.4 is 5.32 Å². The van der Waals surface area contributed by atoms with Crippen LogP contribution in [0, 0.1) is 13.8 Å². The van der Waals surface area contributed by atoms with Gasteiger partial charge in [0.1, 0.15) is 0 Å². The molecule has 1 aromatic carbocycles. The number of rotatable bonds is 5. The van der Waals surface area contributed by atoms with Crippen LogP contribution in [0.3, 0.4) is 0 Å². The molecule has 0 amide bonds. The Labute approximate surface area is 126 Å². The van der Waals surface area contributed by atoms with Crippen LogP contribution in [0.5, 0.6) is 0 Å². The summed E-state index contributed by atoms with van der Waals surface area (Å²) in [6, 6.07) is 12.5. The molecule has 1 unspecified atom stereocenters. The van der Waals surface area contributed by atoms with Crippen molar-refractivity contribution in [2.24, 2.45) is 0 Å². The van der Waals surface area contributed by atoms with Crippen molar-refractivity contribution in [2.45, 2.75) is 39.7 Å². The maximum absolute atomic E-state index is 5.97. The molecule has 1 aromatic heterocycles. The molecule has 0 saturated carbocycles. The topological polar surface area (TPSA) is 24.9 Å². The van der Waals surface area contributed by atoms with Crippen molar-refractivity contribution in [3.05, 3.63) is 58.4 Å². The predicted molar refractivity (Wildman–Crippen MR) is 86.4 cm³/mol. The van der Waals surface area contributed by atoms with Crippen molar-refractivity contribution in [1.29, 1.82) is 0 Å². The Kier molecular flexibility index (Phi) is 5.02. The highest BCUT2D eigenvalue weighted by Gasteiger charge is 2.12. The minimum atomic E-state index is 0.292. The lowest BCUT2D eigenvalue weighted by molar-refractivity contribution is 0.676. The SMILES string of the molecule is CCCC(Nc1ccc(C)nc1C)c1ccc(Cl)cc1. The highest BCUT2D eigenvalue weighted by molar-refractivity contribution is 6.30. The zero-order chi connectivity index (χ0) is 14.5. The third-order valence-corrected chi connectivity index (χ3v) is 3.66. The summed E-state index contributed by atoms with van der Waals surface area (Å²) in [5.41, 5.74) is 4.45. The van der Waals surface area contributed by atoms with Gasteiger partial charge in [0.15, 0.2) is 0 Å². The smallest absolute Gasteiger partial charge is 0.0607 e. The Morgan fingerprint density at radius 2 is 1.80 bits per heavy atom. The van der Waals surface area contributed by atoms with E-state index >= 15 is 0 Å². The Hall–Kier alpha value is -1.54. The van der Waals surface area contributed by atoms with Gasteiger partial charge in [-0.1, -0.05) is 37.1 Å². The average Bonchev–Trinajstić information content (AvgIpc) is 2.42. The lowest BCUT2D eigenvalue weighted by atomic mass is 10.0. The normalized spacial score (nSPS) is 12.2. The number of hydrogen-bond donors (Lipinski definition) is 1. The molecule has 1 atom stereocenters. The fourth-order valence-electron chi connectivity index (χ4n) is 2.33. The van der Waals surface area contributed by atoms with E-state index in [1.807, 2.05) is 32.0 Å². The molecule has 0 radical (unpaired) electrons. The lowest BCUT2D eigenvalue weighted by Crippen LogP contribution is -2.12. The zero-order valence-corrected chi connectivity index (χ0v) is 13.0. The van der Waals surface area contributed by atoms with Gasteiger partial charge < -0.3 is 5.32 Å². The number of hydrogen-bond acceptors (Lipinski definition) is 2. The largest absolute Gasteiger partial charge is 0.377 e. The number of nitrogens with one attached hydrogen (secondary N) is 1. The second-order valence-electron chi connectivity index (χ2n) is 5.12. The van der Waals surface area contributed by atoms with E-state index in [4.69, 9.17) is 11.6 Å². The zero-order valence-electron chi connectivity index (χ0n) is 12.3. The van der Waals surface area contributed by atoms with Gasteiger partial charge in [0.25, 0.3) is 0 Å². The van der Waals surface area contributed by atoms with E-state index in [0.717, 1.165) is 34.9 Å². The minimum Gasteiger partial charge on any atom is -0.377 e. The van der Waals surface area contributed by atoms with Crippen LogP contribution in [0.4, 0.5) is 5.69 Å². The van der Waals surface area contributed by atoms with E-state index in [9.17, 15) is 0 Å². The van der Waals surface area contributed by atoms with E-state index in [1.54, 1.807) is 0 Å². The van der Waals surface area contributed by atoms with Gasteiger partial charge in [0, 0.05) is 10.7 Å². The van der Waals surface area contributed by atoms with Gasteiger partial charge in [-0.25, -0.2) is 0 Å².